The Kier molecular flexibility index (Phi) is 4.44. The van der Waals surface area contributed by atoms with E-state index >= 15 is 0 Å². The van der Waals surface area contributed by atoms with E-state index in [4.69, 9.17) is 10.2 Å². The van der Waals surface area contributed by atoms with Crippen LogP contribution in [0.3, 0.4) is 0 Å². The molecule has 0 fully saturated rings. The molecule has 0 bridgehead atoms. The number of alkyl halides is 2. The normalized spacial score (nSPS) is 15.8. The minimum atomic E-state index is -2.37. The fourth-order valence-electron chi connectivity index (χ4n) is 1.82. The average molecular weight is 232 g/mol. The molecule has 1 aromatic heterocycles. The van der Waals surface area contributed by atoms with Gasteiger partial charge in [0.25, 0.3) is 6.43 Å². The van der Waals surface area contributed by atoms with Crippen molar-refractivity contribution in [1.82, 2.24) is 4.90 Å². The highest BCUT2D eigenvalue weighted by Gasteiger charge is 2.25. The van der Waals surface area contributed by atoms with Crippen molar-refractivity contribution < 1.29 is 13.2 Å². The summed E-state index contributed by atoms with van der Waals surface area (Å²) in [7, 11) is 1.62. The molecule has 1 heterocycles. The Morgan fingerprint density at radius 2 is 2.06 bits per heavy atom. The van der Waals surface area contributed by atoms with Gasteiger partial charge >= 0.3 is 0 Å². The first-order valence-corrected chi connectivity index (χ1v) is 5.22. The summed E-state index contributed by atoms with van der Waals surface area (Å²) >= 11 is 0. The second-order valence-electron chi connectivity index (χ2n) is 4.08. The number of nitrogens with two attached hydrogens (primary N) is 1. The van der Waals surface area contributed by atoms with Crippen LogP contribution in [-0.2, 0) is 0 Å². The van der Waals surface area contributed by atoms with Gasteiger partial charge in [-0.25, -0.2) is 8.78 Å². The molecule has 3 nitrogen and oxygen atoms in total. The van der Waals surface area contributed by atoms with E-state index in [1.807, 2.05) is 6.92 Å². The van der Waals surface area contributed by atoms with Gasteiger partial charge in [-0.2, -0.15) is 0 Å². The van der Waals surface area contributed by atoms with Crippen LogP contribution >= 0.6 is 0 Å². The van der Waals surface area contributed by atoms with Gasteiger partial charge in [0.05, 0.1) is 12.6 Å². The first-order valence-electron chi connectivity index (χ1n) is 5.22. The van der Waals surface area contributed by atoms with E-state index < -0.39 is 6.43 Å². The molecule has 2 N–H and O–H groups in total. The molecular formula is C11H18F2N2O. The van der Waals surface area contributed by atoms with Gasteiger partial charge in [-0.1, -0.05) is 0 Å². The Balaban J connectivity index is 2.82. The minimum Gasteiger partial charge on any atom is -0.465 e. The number of nitrogens with zero attached hydrogens (tertiary/aromatic N) is 1. The summed E-state index contributed by atoms with van der Waals surface area (Å²) in [5, 5.41) is 0. The smallest absolute Gasteiger partial charge is 0.251 e. The quantitative estimate of drug-likeness (QED) is 0.846. The van der Waals surface area contributed by atoms with Crippen LogP contribution in [0.4, 0.5) is 8.78 Å². The van der Waals surface area contributed by atoms with Crippen LogP contribution in [-0.4, -0.2) is 31.0 Å². The second kappa shape index (κ2) is 5.41. The maximum atomic E-state index is 12.3. The lowest BCUT2D eigenvalue weighted by Crippen LogP contribution is -2.39. The zero-order chi connectivity index (χ0) is 12.3. The molecule has 0 aromatic carbocycles. The number of furan rings is 1. The fraction of sp³-hybridized carbons (Fsp3) is 0.636. The van der Waals surface area contributed by atoms with Crippen molar-refractivity contribution in [2.45, 2.75) is 32.4 Å². The number of aryl methyl sites for hydroxylation is 1. The SMILES string of the molecule is Cc1ccc(C(C(C)N)N(C)CC(F)F)o1. The van der Waals surface area contributed by atoms with Gasteiger partial charge in [0.1, 0.15) is 11.5 Å². The first-order chi connectivity index (χ1) is 7.41. The summed E-state index contributed by atoms with van der Waals surface area (Å²) in [5.74, 6) is 1.39. The topological polar surface area (TPSA) is 42.4 Å². The minimum absolute atomic E-state index is 0.269. The van der Waals surface area contributed by atoms with Crippen molar-refractivity contribution in [3.8, 4) is 0 Å². The summed E-state index contributed by atoms with van der Waals surface area (Å²) in [5.41, 5.74) is 5.81. The van der Waals surface area contributed by atoms with E-state index in [0.717, 1.165) is 5.76 Å². The molecule has 0 aliphatic carbocycles. The highest BCUT2D eigenvalue weighted by Crippen LogP contribution is 2.24. The Labute approximate surface area is 94.2 Å². The predicted octanol–water partition coefficient (Wildman–Crippen LogP) is 2.17. The zero-order valence-electron chi connectivity index (χ0n) is 9.78. The van der Waals surface area contributed by atoms with E-state index in [-0.39, 0.29) is 18.6 Å². The van der Waals surface area contributed by atoms with Crippen LogP contribution < -0.4 is 5.73 Å². The Morgan fingerprint density at radius 3 is 2.44 bits per heavy atom. The van der Waals surface area contributed by atoms with Crippen LogP contribution in [0.1, 0.15) is 24.5 Å². The molecule has 2 unspecified atom stereocenters. The lowest BCUT2D eigenvalue weighted by atomic mass is 10.1. The molecule has 92 valence electrons. The predicted molar refractivity (Wildman–Crippen MR) is 58.5 cm³/mol. The monoisotopic (exact) mass is 232 g/mol. The van der Waals surface area contributed by atoms with Gasteiger partial charge in [-0.05, 0) is 33.0 Å². The summed E-state index contributed by atoms with van der Waals surface area (Å²) in [6, 6.07) is 3.00. The molecule has 5 heteroatoms. The van der Waals surface area contributed by atoms with Crippen molar-refractivity contribution in [2.75, 3.05) is 13.6 Å². The van der Waals surface area contributed by atoms with Gasteiger partial charge in [0, 0.05) is 6.04 Å². The van der Waals surface area contributed by atoms with Crippen LogP contribution in [0, 0.1) is 6.92 Å². The van der Waals surface area contributed by atoms with E-state index in [9.17, 15) is 8.78 Å². The highest BCUT2D eigenvalue weighted by atomic mass is 19.3. The molecule has 0 aliphatic heterocycles. The van der Waals surface area contributed by atoms with Crippen molar-refractivity contribution in [3.05, 3.63) is 23.7 Å². The average Bonchev–Trinajstić information content (AvgIpc) is 2.49. The van der Waals surface area contributed by atoms with Gasteiger partial charge in [0.15, 0.2) is 0 Å². The number of rotatable bonds is 5. The largest absolute Gasteiger partial charge is 0.465 e. The maximum absolute atomic E-state index is 12.3. The van der Waals surface area contributed by atoms with E-state index in [2.05, 4.69) is 0 Å². The van der Waals surface area contributed by atoms with Gasteiger partial charge < -0.3 is 10.2 Å². The molecule has 0 spiro atoms. The van der Waals surface area contributed by atoms with Gasteiger partial charge in [0.2, 0.25) is 0 Å². The third-order valence-electron chi connectivity index (χ3n) is 2.45. The molecule has 16 heavy (non-hydrogen) atoms. The summed E-state index contributed by atoms with van der Waals surface area (Å²) in [6.45, 7) is 3.28. The van der Waals surface area contributed by atoms with Gasteiger partial charge in [-0.3, -0.25) is 4.90 Å². The van der Waals surface area contributed by atoms with E-state index in [0.29, 0.717) is 5.76 Å². The standard InChI is InChI=1S/C11H18F2N2O/c1-7-4-5-9(16-7)11(8(2)14)15(3)6-10(12)13/h4-5,8,10-11H,6,14H2,1-3H3. The van der Waals surface area contributed by atoms with Crippen LogP contribution in [0.5, 0.6) is 0 Å². The Hall–Kier alpha value is -0.940. The third kappa shape index (κ3) is 3.28. The molecule has 0 radical (unpaired) electrons. The molecule has 0 amide bonds. The number of likely N-dealkylation sites (N-methyl/N-ethyl adjacent to an activating group) is 1. The number of hydrogen-bond acceptors (Lipinski definition) is 3. The van der Waals surface area contributed by atoms with E-state index in [1.54, 1.807) is 26.1 Å². The lowest BCUT2D eigenvalue weighted by Gasteiger charge is -2.29. The maximum Gasteiger partial charge on any atom is 0.251 e. The van der Waals surface area contributed by atoms with Crippen molar-refractivity contribution in [1.29, 1.82) is 0 Å². The number of halogens is 2. The molecule has 1 aromatic rings. The van der Waals surface area contributed by atoms with Crippen LogP contribution in [0.2, 0.25) is 0 Å². The first kappa shape index (κ1) is 13.1. The zero-order valence-corrected chi connectivity index (χ0v) is 9.78. The summed E-state index contributed by atoms with van der Waals surface area (Å²) in [4.78, 5) is 1.52. The highest BCUT2D eigenvalue weighted by molar-refractivity contribution is 5.11. The van der Waals surface area contributed by atoms with Crippen molar-refractivity contribution in [2.24, 2.45) is 5.73 Å². The Bertz CT molecular complexity index is 326. The number of hydrogen-bond donors (Lipinski definition) is 1. The summed E-state index contributed by atoms with van der Waals surface area (Å²) < 4.78 is 30.1. The van der Waals surface area contributed by atoms with Crippen LogP contribution in [0.15, 0.2) is 16.5 Å². The van der Waals surface area contributed by atoms with E-state index in [1.165, 1.54) is 4.90 Å². The molecule has 1 rings (SSSR count). The van der Waals surface area contributed by atoms with Gasteiger partial charge in [-0.15, -0.1) is 0 Å². The van der Waals surface area contributed by atoms with Crippen molar-refractivity contribution >= 4 is 0 Å². The van der Waals surface area contributed by atoms with Crippen molar-refractivity contribution in [3.63, 3.8) is 0 Å². The van der Waals surface area contributed by atoms with Crippen LogP contribution in [0.25, 0.3) is 0 Å². The molecule has 2 atom stereocenters. The second-order valence-corrected chi connectivity index (χ2v) is 4.08. The molecular weight excluding hydrogens is 214 g/mol. The molecule has 0 saturated heterocycles. The Morgan fingerprint density at radius 1 is 1.44 bits per heavy atom. The third-order valence-corrected chi connectivity index (χ3v) is 2.45. The lowest BCUT2D eigenvalue weighted by molar-refractivity contribution is 0.0693. The fourth-order valence-corrected chi connectivity index (χ4v) is 1.82. The summed E-state index contributed by atoms with van der Waals surface area (Å²) in [6.07, 6.45) is -2.37. The molecule has 0 aliphatic rings. The molecule has 0 saturated carbocycles.